The number of hydrogen-bond donors (Lipinski definition) is 3. The Morgan fingerprint density at radius 1 is 1.20 bits per heavy atom. The van der Waals surface area contributed by atoms with Gasteiger partial charge in [0.2, 0.25) is 11.1 Å². The van der Waals surface area contributed by atoms with Gasteiger partial charge in [-0.1, -0.05) is 60.3 Å². The minimum absolute atomic E-state index is 0.0456. The maximum atomic E-state index is 13.6. The molecule has 0 spiro atoms. The molecule has 3 heterocycles. The van der Waals surface area contributed by atoms with Crippen LogP contribution in [-0.2, 0) is 28.0 Å². The summed E-state index contributed by atoms with van der Waals surface area (Å²) in [4.78, 5) is 40.2. The predicted molar refractivity (Wildman–Crippen MR) is 148 cm³/mol. The molecule has 14 heteroatoms. The smallest absolute Gasteiger partial charge is 0.352 e. The third kappa shape index (κ3) is 5.55. The van der Waals surface area contributed by atoms with E-state index in [1.165, 1.54) is 33.1 Å². The van der Waals surface area contributed by atoms with Gasteiger partial charge in [-0.25, -0.2) is 9.48 Å². The lowest BCUT2D eigenvalue weighted by Gasteiger charge is -2.49. The number of rotatable bonds is 11. The molecule has 1 fully saturated rings. The SMILES string of the molecule is COc1ccccc1CN[C@H](C(=O)NC1C(=O)N2C(C(=O)O)=C(CSc3nnnn3C)CS[C@@H]12)c1ccccc1. The number of carboxylic acid groups (broad SMARTS) is 1. The molecule has 2 amide bonds. The summed E-state index contributed by atoms with van der Waals surface area (Å²) in [5.41, 5.74) is 2.17. The average Bonchev–Trinajstić information content (AvgIpc) is 3.39. The third-order valence-electron chi connectivity index (χ3n) is 6.59. The number of nitrogens with zero attached hydrogens (tertiary/aromatic N) is 5. The number of aliphatic carboxylic acids is 1. The lowest BCUT2D eigenvalue weighted by molar-refractivity contribution is -0.151. The second-order valence-corrected chi connectivity index (χ2v) is 11.1. The van der Waals surface area contributed by atoms with Gasteiger partial charge in [0, 0.05) is 30.7 Å². The molecule has 40 heavy (non-hydrogen) atoms. The van der Waals surface area contributed by atoms with E-state index < -0.39 is 29.3 Å². The predicted octanol–water partition coefficient (Wildman–Crippen LogP) is 1.58. The van der Waals surface area contributed by atoms with Gasteiger partial charge in [-0.3, -0.25) is 19.8 Å². The van der Waals surface area contributed by atoms with Crippen molar-refractivity contribution in [3.05, 3.63) is 77.0 Å². The van der Waals surface area contributed by atoms with Crippen LogP contribution in [0.25, 0.3) is 0 Å². The summed E-state index contributed by atoms with van der Waals surface area (Å²) >= 11 is 2.72. The first-order valence-electron chi connectivity index (χ1n) is 12.3. The van der Waals surface area contributed by atoms with E-state index in [4.69, 9.17) is 4.74 Å². The van der Waals surface area contributed by atoms with Gasteiger partial charge in [0.05, 0.1) is 7.11 Å². The lowest BCUT2D eigenvalue weighted by Crippen LogP contribution is -2.71. The first-order valence-corrected chi connectivity index (χ1v) is 14.4. The summed E-state index contributed by atoms with van der Waals surface area (Å²) in [5, 5.41) is 27.4. The van der Waals surface area contributed by atoms with Gasteiger partial charge in [-0.05, 0) is 27.6 Å². The Hall–Kier alpha value is -3.88. The van der Waals surface area contributed by atoms with E-state index in [9.17, 15) is 19.5 Å². The molecule has 2 aromatic carbocycles. The van der Waals surface area contributed by atoms with Gasteiger partial charge in [0.15, 0.2) is 0 Å². The van der Waals surface area contributed by atoms with Crippen molar-refractivity contribution in [2.75, 3.05) is 18.6 Å². The highest BCUT2D eigenvalue weighted by atomic mass is 32.2. The van der Waals surface area contributed by atoms with Crippen LogP contribution in [0.5, 0.6) is 5.75 Å². The van der Waals surface area contributed by atoms with Crippen LogP contribution < -0.4 is 15.4 Å². The standard InChI is InChI=1S/C26H27N7O5S2/c1-32-26(29-30-31-32)40-14-17-13-39-24-20(23(35)33(24)21(17)25(36)37)28-22(34)19(15-8-4-3-5-9-15)27-12-16-10-6-7-11-18(16)38-2/h3-11,19-20,24,27H,12-14H2,1-2H3,(H,28,34)(H,36,37)/t19-,20?,24-/m0/s1. The highest BCUT2D eigenvalue weighted by molar-refractivity contribution is 8.01. The molecule has 208 valence electrons. The largest absolute Gasteiger partial charge is 0.496 e. The zero-order chi connectivity index (χ0) is 28.2. The number of aromatic nitrogens is 4. The number of fused-ring (bicyclic) bond motifs is 1. The van der Waals surface area contributed by atoms with Gasteiger partial charge in [-0.2, -0.15) is 0 Å². The Kier molecular flexibility index (Phi) is 8.38. The first kappa shape index (κ1) is 27.7. The van der Waals surface area contributed by atoms with Crippen molar-refractivity contribution in [1.82, 2.24) is 35.7 Å². The van der Waals surface area contributed by atoms with Crippen LogP contribution in [0.4, 0.5) is 0 Å². The molecule has 3 atom stereocenters. The fraction of sp³-hybridized carbons (Fsp3) is 0.308. The number of nitrogens with one attached hydrogen (secondary N) is 2. The summed E-state index contributed by atoms with van der Waals surface area (Å²) in [7, 11) is 3.29. The van der Waals surface area contributed by atoms with Gasteiger partial charge in [0.1, 0.15) is 28.9 Å². The van der Waals surface area contributed by atoms with E-state index in [1.807, 2.05) is 54.6 Å². The number of β-lactam (4-membered cyclic amide) rings is 1. The Bertz CT molecular complexity index is 1450. The Balaban J connectivity index is 1.30. The first-order chi connectivity index (χ1) is 19.4. The molecule has 0 aliphatic carbocycles. The summed E-state index contributed by atoms with van der Waals surface area (Å²) in [5.74, 6) is -0.605. The second-order valence-electron chi connectivity index (χ2n) is 9.06. The van der Waals surface area contributed by atoms with Crippen molar-refractivity contribution < 1.29 is 24.2 Å². The fourth-order valence-electron chi connectivity index (χ4n) is 4.59. The van der Waals surface area contributed by atoms with E-state index in [-0.39, 0.29) is 11.6 Å². The molecule has 2 aliphatic heterocycles. The van der Waals surface area contributed by atoms with Crippen molar-refractivity contribution >= 4 is 41.3 Å². The highest BCUT2D eigenvalue weighted by Gasteiger charge is 2.54. The Labute approximate surface area is 238 Å². The molecule has 1 unspecified atom stereocenters. The van der Waals surface area contributed by atoms with E-state index in [0.29, 0.717) is 34.5 Å². The number of hydrogen-bond acceptors (Lipinski definition) is 10. The van der Waals surface area contributed by atoms with Gasteiger partial charge in [-0.15, -0.1) is 16.9 Å². The van der Waals surface area contributed by atoms with Crippen LogP contribution in [0.3, 0.4) is 0 Å². The lowest BCUT2D eigenvalue weighted by atomic mass is 10.0. The molecule has 2 aliphatic rings. The normalized spacial score (nSPS) is 19.1. The quantitative estimate of drug-likeness (QED) is 0.224. The summed E-state index contributed by atoms with van der Waals surface area (Å²) in [6, 6.07) is 15.2. The topological polar surface area (TPSA) is 152 Å². The molecule has 1 aromatic heterocycles. The number of thioether (sulfide) groups is 2. The molecular weight excluding hydrogens is 554 g/mol. The number of methoxy groups -OCH3 is 1. The van der Waals surface area contributed by atoms with Gasteiger partial charge in [0.25, 0.3) is 5.91 Å². The number of carbonyl (C=O) groups is 3. The van der Waals surface area contributed by atoms with Crippen LogP contribution in [0, 0.1) is 0 Å². The van der Waals surface area contributed by atoms with Crippen LogP contribution in [0.1, 0.15) is 17.2 Å². The van der Waals surface area contributed by atoms with Crippen molar-refractivity contribution in [3.8, 4) is 5.75 Å². The third-order valence-corrected chi connectivity index (χ3v) is 9.03. The minimum Gasteiger partial charge on any atom is -0.496 e. The molecule has 0 bridgehead atoms. The molecule has 12 nitrogen and oxygen atoms in total. The molecule has 0 radical (unpaired) electrons. The van der Waals surface area contributed by atoms with Crippen LogP contribution >= 0.6 is 23.5 Å². The van der Waals surface area contributed by atoms with Crippen molar-refractivity contribution in [1.29, 1.82) is 0 Å². The van der Waals surface area contributed by atoms with Crippen LogP contribution in [0.15, 0.2) is 71.0 Å². The molecular formula is C26H27N7O5S2. The Morgan fingerprint density at radius 3 is 2.65 bits per heavy atom. The number of carboxylic acids is 1. The molecule has 3 aromatic rings. The summed E-state index contributed by atoms with van der Waals surface area (Å²) < 4.78 is 6.93. The average molecular weight is 582 g/mol. The van der Waals surface area contributed by atoms with Crippen LogP contribution in [-0.4, -0.2) is 78.0 Å². The van der Waals surface area contributed by atoms with E-state index >= 15 is 0 Å². The maximum absolute atomic E-state index is 13.6. The second kappa shape index (κ2) is 12.1. The van der Waals surface area contributed by atoms with E-state index in [0.717, 1.165) is 11.1 Å². The maximum Gasteiger partial charge on any atom is 0.352 e. The zero-order valence-electron chi connectivity index (χ0n) is 21.7. The molecule has 3 N–H and O–H groups in total. The summed E-state index contributed by atoms with van der Waals surface area (Å²) in [6.45, 7) is 0.355. The number of benzene rings is 2. The van der Waals surface area contributed by atoms with Crippen molar-refractivity contribution in [3.63, 3.8) is 0 Å². The number of amides is 2. The molecule has 5 rings (SSSR count). The van der Waals surface area contributed by atoms with E-state index in [1.54, 1.807) is 14.2 Å². The molecule has 0 saturated carbocycles. The number of aryl methyl sites for hydroxylation is 1. The summed E-state index contributed by atoms with van der Waals surface area (Å²) in [6.07, 6.45) is 0. The van der Waals surface area contributed by atoms with Crippen LogP contribution in [0.2, 0.25) is 0 Å². The zero-order valence-corrected chi connectivity index (χ0v) is 23.3. The van der Waals surface area contributed by atoms with Gasteiger partial charge >= 0.3 is 5.97 Å². The van der Waals surface area contributed by atoms with Gasteiger partial charge < -0.3 is 15.2 Å². The number of ether oxygens (including phenoxy) is 1. The monoisotopic (exact) mass is 581 g/mol. The van der Waals surface area contributed by atoms with Crippen molar-refractivity contribution in [2.24, 2.45) is 7.05 Å². The minimum atomic E-state index is -1.18. The van der Waals surface area contributed by atoms with E-state index in [2.05, 4.69) is 26.2 Å². The number of tetrazole rings is 1. The highest BCUT2D eigenvalue weighted by Crippen LogP contribution is 2.41. The number of carbonyl (C=O) groups excluding carboxylic acids is 2. The molecule has 1 saturated heterocycles. The van der Waals surface area contributed by atoms with Crippen molar-refractivity contribution in [2.45, 2.75) is 29.2 Å². The Morgan fingerprint density at radius 2 is 1.95 bits per heavy atom. The fourth-order valence-corrected chi connectivity index (χ4v) is 6.93. The number of para-hydroxylation sites is 1.